The molecule has 0 aliphatic carbocycles. The number of nitrogens with zero attached hydrogens (tertiary/aromatic N) is 2. The smallest absolute Gasteiger partial charge is 0.339 e. The van der Waals surface area contributed by atoms with Gasteiger partial charge >= 0.3 is 5.97 Å². The van der Waals surface area contributed by atoms with E-state index in [-0.39, 0.29) is 5.91 Å². The van der Waals surface area contributed by atoms with Crippen LogP contribution in [0.3, 0.4) is 0 Å². The molecule has 2 heterocycles. The van der Waals surface area contributed by atoms with Gasteiger partial charge in [0.15, 0.2) is 6.10 Å². The van der Waals surface area contributed by atoms with Crippen LogP contribution in [0.4, 0.5) is 0 Å². The molecule has 0 bridgehead atoms. The number of carbonyl (C=O) groups excluding carboxylic acids is 2. The number of aromatic nitrogens is 1. The van der Waals surface area contributed by atoms with Gasteiger partial charge in [0.05, 0.1) is 5.56 Å². The lowest BCUT2D eigenvalue weighted by atomic mass is 9.99. The summed E-state index contributed by atoms with van der Waals surface area (Å²) in [6.45, 7) is 2.82. The molecule has 0 fully saturated rings. The maximum Gasteiger partial charge on any atom is 0.339 e. The highest BCUT2D eigenvalue weighted by Crippen LogP contribution is 2.19. The summed E-state index contributed by atoms with van der Waals surface area (Å²) >= 11 is 0. The van der Waals surface area contributed by atoms with E-state index in [1.54, 1.807) is 24.0 Å². The Morgan fingerprint density at radius 2 is 1.83 bits per heavy atom. The van der Waals surface area contributed by atoms with E-state index in [0.29, 0.717) is 18.7 Å². The highest BCUT2D eigenvalue weighted by atomic mass is 16.5. The summed E-state index contributed by atoms with van der Waals surface area (Å²) in [7, 11) is 0. The van der Waals surface area contributed by atoms with Crippen molar-refractivity contribution in [2.24, 2.45) is 0 Å². The molecule has 0 unspecified atom stereocenters. The third-order valence-electron chi connectivity index (χ3n) is 3.99. The molecule has 0 spiro atoms. The maximum absolute atomic E-state index is 12.5. The van der Waals surface area contributed by atoms with Gasteiger partial charge in [-0.25, -0.2) is 4.79 Å². The van der Waals surface area contributed by atoms with Crippen LogP contribution in [0.1, 0.15) is 28.4 Å². The Morgan fingerprint density at radius 1 is 1.13 bits per heavy atom. The van der Waals surface area contributed by atoms with Crippen molar-refractivity contribution in [3.8, 4) is 0 Å². The maximum atomic E-state index is 12.5. The molecule has 23 heavy (non-hydrogen) atoms. The Kier molecular flexibility index (Phi) is 4.37. The van der Waals surface area contributed by atoms with Gasteiger partial charge in [-0.3, -0.25) is 9.78 Å². The van der Waals surface area contributed by atoms with Crippen molar-refractivity contribution in [2.75, 3.05) is 6.54 Å². The Bertz CT molecular complexity index is 715. The van der Waals surface area contributed by atoms with Crippen molar-refractivity contribution < 1.29 is 14.3 Å². The van der Waals surface area contributed by atoms with Gasteiger partial charge in [0.25, 0.3) is 5.91 Å². The van der Waals surface area contributed by atoms with Crippen LogP contribution in [-0.2, 0) is 22.5 Å². The molecule has 0 saturated heterocycles. The summed E-state index contributed by atoms with van der Waals surface area (Å²) in [6, 6.07) is 11.2. The number of rotatable bonds is 3. The second-order valence-corrected chi connectivity index (χ2v) is 5.56. The third kappa shape index (κ3) is 3.39. The number of esters is 1. The van der Waals surface area contributed by atoms with Crippen LogP contribution in [0, 0.1) is 0 Å². The lowest BCUT2D eigenvalue weighted by Crippen LogP contribution is -2.42. The quantitative estimate of drug-likeness (QED) is 0.816. The fraction of sp³-hybridized carbons (Fsp3) is 0.278. The molecule has 3 rings (SSSR count). The van der Waals surface area contributed by atoms with Gasteiger partial charge in [-0.1, -0.05) is 24.3 Å². The van der Waals surface area contributed by atoms with Crippen molar-refractivity contribution in [1.29, 1.82) is 0 Å². The van der Waals surface area contributed by atoms with Crippen LogP contribution >= 0.6 is 0 Å². The van der Waals surface area contributed by atoms with E-state index in [1.807, 2.05) is 18.2 Å². The first-order chi connectivity index (χ1) is 11.1. The number of benzene rings is 1. The molecule has 0 N–H and O–H groups in total. The van der Waals surface area contributed by atoms with Crippen molar-refractivity contribution in [3.05, 3.63) is 65.5 Å². The molecular weight excluding hydrogens is 292 g/mol. The average molecular weight is 310 g/mol. The summed E-state index contributed by atoms with van der Waals surface area (Å²) in [5.74, 6) is -0.674. The van der Waals surface area contributed by atoms with Crippen LogP contribution in [0.15, 0.2) is 48.8 Å². The van der Waals surface area contributed by atoms with E-state index in [2.05, 4.69) is 11.1 Å². The number of pyridine rings is 1. The van der Waals surface area contributed by atoms with Crippen LogP contribution in [0.25, 0.3) is 0 Å². The first-order valence-corrected chi connectivity index (χ1v) is 7.62. The first kappa shape index (κ1) is 15.2. The fourth-order valence-corrected chi connectivity index (χ4v) is 2.71. The van der Waals surface area contributed by atoms with Gasteiger partial charge in [0, 0.05) is 25.5 Å². The highest BCUT2D eigenvalue weighted by Gasteiger charge is 2.27. The molecule has 0 radical (unpaired) electrons. The van der Waals surface area contributed by atoms with Gasteiger partial charge < -0.3 is 9.64 Å². The van der Waals surface area contributed by atoms with Crippen LogP contribution in [0.5, 0.6) is 0 Å². The standard InChI is InChI=1S/C18H18N2O3/c1-13(23-18(22)15-6-9-19-10-7-15)17(21)20-11-8-14-4-2-3-5-16(14)12-20/h2-7,9-10,13H,8,11-12H2,1H3/t13-/m1/s1. The zero-order valence-corrected chi connectivity index (χ0v) is 12.9. The molecule has 118 valence electrons. The predicted octanol–water partition coefficient (Wildman–Crippen LogP) is 2.21. The third-order valence-corrected chi connectivity index (χ3v) is 3.99. The number of carbonyl (C=O) groups is 2. The average Bonchev–Trinajstić information content (AvgIpc) is 2.61. The molecular formula is C18H18N2O3. The number of hydrogen-bond acceptors (Lipinski definition) is 4. The summed E-state index contributed by atoms with van der Waals surface area (Å²) in [5.41, 5.74) is 2.82. The zero-order valence-electron chi connectivity index (χ0n) is 12.9. The Balaban J connectivity index is 1.63. The van der Waals surface area contributed by atoms with Crippen LogP contribution in [0.2, 0.25) is 0 Å². The number of fused-ring (bicyclic) bond motifs is 1. The molecule has 1 aliphatic heterocycles. The monoisotopic (exact) mass is 310 g/mol. The van der Waals surface area contributed by atoms with E-state index < -0.39 is 12.1 Å². The van der Waals surface area contributed by atoms with Crippen molar-refractivity contribution in [1.82, 2.24) is 9.88 Å². The van der Waals surface area contributed by atoms with Gasteiger partial charge in [0.2, 0.25) is 0 Å². The lowest BCUT2D eigenvalue weighted by molar-refractivity contribution is -0.140. The second kappa shape index (κ2) is 6.60. The Labute approximate surface area is 134 Å². The van der Waals surface area contributed by atoms with E-state index in [9.17, 15) is 9.59 Å². The molecule has 1 atom stereocenters. The van der Waals surface area contributed by atoms with E-state index in [4.69, 9.17) is 4.74 Å². The number of ether oxygens (including phenoxy) is 1. The molecule has 2 aromatic rings. The Morgan fingerprint density at radius 3 is 2.57 bits per heavy atom. The summed E-state index contributed by atoms with van der Waals surface area (Å²) < 4.78 is 5.28. The second-order valence-electron chi connectivity index (χ2n) is 5.56. The van der Waals surface area contributed by atoms with Crippen LogP contribution in [-0.4, -0.2) is 34.4 Å². The molecule has 5 nitrogen and oxygen atoms in total. The van der Waals surface area contributed by atoms with E-state index in [1.165, 1.54) is 18.0 Å². The van der Waals surface area contributed by atoms with Gasteiger partial charge in [-0.05, 0) is 36.6 Å². The Hall–Kier alpha value is -2.69. The summed E-state index contributed by atoms with van der Waals surface area (Å²) in [5, 5.41) is 0. The molecule has 1 aromatic heterocycles. The number of hydrogen-bond donors (Lipinski definition) is 0. The van der Waals surface area contributed by atoms with E-state index in [0.717, 1.165) is 12.0 Å². The molecule has 1 amide bonds. The highest BCUT2D eigenvalue weighted by molar-refractivity contribution is 5.92. The molecule has 1 aromatic carbocycles. The molecule has 5 heteroatoms. The van der Waals surface area contributed by atoms with Crippen molar-refractivity contribution >= 4 is 11.9 Å². The SMILES string of the molecule is C[C@@H](OC(=O)c1ccncc1)C(=O)N1CCc2ccccc2C1. The van der Waals surface area contributed by atoms with Crippen LogP contribution < -0.4 is 0 Å². The van der Waals surface area contributed by atoms with Crippen molar-refractivity contribution in [2.45, 2.75) is 26.0 Å². The predicted molar refractivity (Wildman–Crippen MR) is 84.7 cm³/mol. The largest absolute Gasteiger partial charge is 0.449 e. The fourth-order valence-electron chi connectivity index (χ4n) is 2.71. The van der Waals surface area contributed by atoms with E-state index >= 15 is 0 Å². The van der Waals surface area contributed by atoms with Crippen molar-refractivity contribution in [3.63, 3.8) is 0 Å². The van der Waals surface area contributed by atoms with Gasteiger partial charge in [0.1, 0.15) is 0 Å². The molecule has 1 aliphatic rings. The summed E-state index contributed by atoms with van der Waals surface area (Å²) in [4.78, 5) is 30.1. The zero-order chi connectivity index (χ0) is 16.2. The number of amides is 1. The topological polar surface area (TPSA) is 59.5 Å². The van der Waals surface area contributed by atoms with Gasteiger partial charge in [-0.15, -0.1) is 0 Å². The lowest BCUT2D eigenvalue weighted by Gasteiger charge is -2.30. The minimum Gasteiger partial charge on any atom is -0.449 e. The molecule has 0 saturated carbocycles. The minimum absolute atomic E-state index is 0.165. The first-order valence-electron chi connectivity index (χ1n) is 7.62. The summed E-state index contributed by atoms with van der Waals surface area (Å²) in [6.07, 6.45) is 3.06. The van der Waals surface area contributed by atoms with Gasteiger partial charge in [-0.2, -0.15) is 0 Å². The minimum atomic E-state index is -0.805. The normalized spacial score (nSPS) is 14.7.